The maximum atomic E-state index is 12.7. The van der Waals surface area contributed by atoms with Crippen LogP contribution in [0, 0.1) is 0 Å². The number of hydrogen-bond acceptors (Lipinski definition) is 8. The van der Waals surface area contributed by atoms with Gasteiger partial charge in [0.1, 0.15) is 11.4 Å². The quantitative estimate of drug-likeness (QED) is 0.352. The average molecular weight is 432 g/mol. The zero-order chi connectivity index (χ0) is 21.4. The first kappa shape index (κ1) is 19.3. The second-order valence-electron chi connectivity index (χ2n) is 7.04. The van der Waals surface area contributed by atoms with Gasteiger partial charge in [0.15, 0.2) is 5.78 Å². The van der Waals surface area contributed by atoms with Gasteiger partial charge in [0.25, 0.3) is 0 Å². The van der Waals surface area contributed by atoms with E-state index in [0.29, 0.717) is 22.1 Å². The van der Waals surface area contributed by atoms with Crippen LogP contribution in [0.4, 0.5) is 5.69 Å². The molecule has 0 radical (unpaired) electrons. The van der Waals surface area contributed by atoms with Gasteiger partial charge in [-0.15, -0.1) is 10.2 Å². The lowest BCUT2D eigenvalue weighted by Gasteiger charge is -2.07. The molecular weight excluding hydrogens is 416 g/mol. The molecule has 1 amide bonds. The molecule has 1 aliphatic heterocycles. The van der Waals surface area contributed by atoms with Crippen LogP contribution in [0.15, 0.2) is 69.4 Å². The number of hydrogen-bond donors (Lipinski definition) is 1. The molecular formula is C22H16N4O4S. The van der Waals surface area contributed by atoms with E-state index in [4.69, 9.17) is 8.83 Å². The highest BCUT2D eigenvalue weighted by Gasteiger charge is 2.27. The molecule has 4 aromatic rings. The molecule has 3 aromatic heterocycles. The number of aromatic nitrogens is 3. The first-order valence-corrected chi connectivity index (χ1v) is 10.5. The maximum absolute atomic E-state index is 12.7. The van der Waals surface area contributed by atoms with Gasteiger partial charge in [-0.05, 0) is 42.8 Å². The topological polar surface area (TPSA) is 111 Å². The predicted octanol–water partition coefficient (Wildman–Crippen LogP) is 4.42. The number of furan rings is 2. The van der Waals surface area contributed by atoms with E-state index in [9.17, 15) is 9.59 Å². The third-order valence-corrected chi connectivity index (χ3v) is 5.92. The van der Waals surface area contributed by atoms with Crippen LogP contribution < -0.4 is 5.32 Å². The number of nitrogens with zero attached hydrogens (tertiary/aromatic N) is 3. The summed E-state index contributed by atoms with van der Waals surface area (Å²) in [7, 11) is 0. The van der Waals surface area contributed by atoms with Gasteiger partial charge in [-0.3, -0.25) is 9.59 Å². The predicted molar refractivity (Wildman–Crippen MR) is 114 cm³/mol. The molecule has 0 spiro atoms. The molecule has 0 saturated heterocycles. The van der Waals surface area contributed by atoms with E-state index in [1.165, 1.54) is 11.8 Å². The molecule has 1 aromatic carbocycles. The van der Waals surface area contributed by atoms with Crippen molar-refractivity contribution in [2.45, 2.75) is 18.0 Å². The number of Topliss-reactive ketones (excluding diaryl/α,β-unsaturated/α-hetero) is 1. The van der Waals surface area contributed by atoms with Crippen LogP contribution in [0.25, 0.3) is 22.5 Å². The Hall–Kier alpha value is -3.72. The molecule has 154 valence electrons. The minimum atomic E-state index is -0.268. The van der Waals surface area contributed by atoms with Gasteiger partial charge in [-0.25, -0.2) is 4.98 Å². The van der Waals surface area contributed by atoms with Gasteiger partial charge >= 0.3 is 0 Å². The molecule has 0 aliphatic carbocycles. The number of carbonyl (C=O) groups is 2. The number of thioether (sulfide) groups is 1. The highest BCUT2D eigenvalue weighted by atomic mass is 32.2. The highest BCUT2D eigenvalue weighted by molar-refractivity contribution is 7.99. The van der Waals surface area contributed by atoms with Crippen LogP contribution in [0.1, 0.15) is 28.8 Å². The van der Waals surface area contributed by atoms with E-state index in [2.05, 4.69) is 20.5 Å². The highest BCUT2D eigenvalue weighted by Crippen LogP contribution is 2.33. The summed E-state index contributed by atoms with van der Waals surface area (Å²) in [5, 5.41) is 11.7. The second-order valence-corrected chi connectivity index (χ2v) is 7.98. The summed E-state index contributed by atoms with van der Waals surface area (Å²) >= 11 is 1.20. The van der Waals surface area contributed by atoms with Gasteiger partial charge in [0.05, 0.1) is 36.7 Å². The molecule has 31 heavy (non-hydrogen) atoms. The van der Waals surface area contributed by atoms with Gasteiger partial charge in [-0.1, -0.05) is 11.8 Å². The summed E-state index contributed by atoms with van der Waals surface area (Å²) < 4.78 is 10.3. The first-order valence-electron chi connectivity index (χ1n) is 9.51. The molecule has 1 atom stereocenters. The smallest absolute Gasteiger partial charge is 0.231 e. The van der Waals surface area contributed by atoms with E-state index < -0.39 is 0 Å². The Bertz CT molecular complexity index is 1270. The van der Waals surface area contributed by atoms with Gasteiger partial charge in [0.2, 0.25) is 11.1 Å². The Balaban J connectivity index is 1.37. The van der Waals surface area contributed by atoms with E-state index in [1.54, 1.807) is 55.4 Å². The monoisotopic (exact) mass is 432 g/mol. The summed E-state index contributed by atoms with van der Waals surface area (Å²) in [4.78, 5) is 29.2. The zero-order valence-electron chi connectivity index (χ0n) is 16.4. The molecule has 9 heteroatoms. The van der Waals surface area contributed by atoms with Crippen LogP contribution in [0.5, 0.6) is 0 Å². The van der Waals surface area contributed by atoms with E-state index >= 15 is 0 Å². The minimum absolute atomic E-state index is 0.0575. The van der Waals surface area contributed by atoms with Crippen molar-refractivity contribution < 1.29 is 18.4 Å². The molecule has 8 nitrogen and oxygen atoms in total. The van der Waals surface area contributed by atoms with E-state index in [1.807, 2.05) is 6.92 Å². The largest absolute Gasteiger partial charge is 0.472 e. The molecule has 1 aliphatic rings. The molecule has 5 rings (SSSR count). The summed E-state index contributed by atoms with van der Waals surface area (Å²) in [5.74, 6) is -0.257. The fourth-order valence-corrected chi connectivity index (χ4v) is 4.05. The standard InChI is InChI=1S/C22H16N4O4S/c1-12-16-8-13(2-3-17(16)23-21(12)28)18(27)11-31-22-24-19(14-4-6-29-9-14)20(25-26-22)15-5-7-30-10-15/h2-10,12H,11H2,1H3,(H,23,28)/t12-/m1/s1. The number of benzene rings is 1. The number of carbonyl (C=O) groups excluding carboxylic acids is 2. The minimum Gasteiger partial charge on any atom is -0.472 e. The second kappa shape index (κ2) is 7.84. The van der Waals surface area contributed by atoms with Crippen LogP contribution >= 0.6 is 11.8 Å². The van der Waals surface area contributed by atoms with Crippen LogP contribution in [0.3, 0.4) is 0 Å². The van der Waals surface area contributed by atoms with Crippen molar-refractivity contribution in [3.63, 3.8) is 0 Å². The number of fused-ring (bicyclic) bond motifs is 1. The van der Waals surface area contributed by atoms with Crippen molar-refractivity contribution in [2.75, 3.05) is 11.1 Å². The first-order chi connectivity index (χ1) is 15.1. The molecule has 1 N–H and O–H groups in total. The lowest BCUT2D eigenvalue weighted by molar-refractivity contribution is -0.116. The third kappa shape index (κ3) is 3.64. The lowest BCUT2D eigenvalue weighted by atomic mass is 9.99. The SMILES string of the molecule is C[C@H]1C(=O)Nc2ccc(C(=O)CSc3nnc(-c4ccoc4)c(-c4ccoc4)n3)cc21. The normalized spacial score (nSPS) is 15.0. The van der Waals surface area contributed by atoms with Crippen molar-refractivity contribution in [1.29, 1.82) is 0 Å². The average Bonchev–Trinajstić information content (AvgIpc) is 3.55. The van der Waals surface area contributed by atoms with Crippen molar-refractivity contribution in [2.24, 2.45) is 0 Å². The fraction of sp³-hybridized carbons (Fsp3) is 0.136. The van der Waals surface area contributed by atoms with Crippen molar-refractivity contribution in [3.8, 4) is 22.5 Å². The van der Waals surface area contributed by atoms with Crippen molar-refractivity contribution in [3.05, 3.63) is 66.5 Å². The van der Waals surface area contributed by atoms with Gasteiger partial charge < -0.3 is 14.2 Å². The van der Waals surface area contributed by atoms with Crippen LogP contribution in [-0.2, 0) is 4.79 Å². The Morgan fingerprint density at radius 1 is 1.06 bits per heavy atom. The van der Waals surface area contributed by atoms with E-state index in [0.717, 1.165) is 22.4 Å². The van der Waals surface area contributed by atoms with Crippen LogP contribution in [0.2, 0.25) is 0 Å². The maximum Gasteiger partial charge on any atom is 0.231 e. The summed E-state index contributed by atoms with van der Waals surface area (Å²) in [5.41, 5.74) is 4.81. The van der Waals surface area contributed by atoms with Crippen molar-refractivity contribution in [1.82, 2.24) is 15.2 Å². The number of nitrogens with one attached hydrogen (secondary N) is 1. The number of ketones is 1. The fourth-order valence-electron chi connectivity index (χ4n) is 3.37. The molecule has 0 unspecified atom stereocenters. The Kier molecular flexibility index (Phi) is 4.87. The summed E-state index contributed by atoms with van der Waals surface area (Å²) in [6, 6.07) is 8.83. The summed E-state index contributed by atoms with van der Waals surface area (Å²) in [6.45, 7) is 1.82. The van der Waals surface area contributed by atoms with Gasteiger partial charge in [-0.2, -0.15) is 0 Å². The third-order valence-electron chi connectivity index (χ3n) is 5.08. The van der Waals surface area contributed by atoms with Crippen LogP contribution in [-0.4, -0.2) is 32.6 Å². The Morgan fingerprint density at radius 3 is 2.52 bits per heavy atom. The van der Waals surface area contributed by atoms with E-state index in [-0.39, 0.29) is 23.4 Å². The molecule has 4 heterocycles. The molecule has 0 saturated carbocycles. The molecule has 0 fully saturated rings. The number of amides is 1. The Labute approximate surface area is 181 Å². The van der Waals surface area contributed by atoms with Gasteiger partial charge in [0, 0.05) is 22.4 Å². The number of anilines is 1. The Morgan fingerprint density at radius 2 is 1.81 bits per heavy atom. The lowest BCUT2D eigenvalue weighted by Crippen LogP contribution is -2.08. The van der Waals surface area contributed by atoms with Crippen molar-refractivity contribution >= 4 is 29.1 Å². The molecule has 0 bridgehead atoms. The zero-order valence-corrected chi connectivity index (χ0v) is 17.2. The number of rotatable bonds is 6. The summed E-state index contributed by atoms with van der Waals surface area (Å²) in [6.07, 6.45) is 6.26.